The molecule has 0 radical (unpaired) electrons. The van der Waals surface area contributed by atoms with Crippen LogP contribution in [0.15, 0.2) is 24.3 Å². The Morgan fingerprint density at radius 2 is 2.00 bits per heavy atom. The summed E-state index contributed by atoms with van der Waals surface area (Å²) in [5, 5.41) is 15.8. The highest BCUT2D eigenvalue weighted by atomic mass is 16.3. The van der Waals surface area contributed by atoms with E-state index in [0.717, 1.165) is 17.7 Å². The molecule has 0 aliphatic rings. The highest BCUT2D eigenvalue weighted by Gasteiger charge is 2.07. The molecule has 1 aromatic carbocycles. The molecule has 3 N–H and O–H groups in total. The minimum absolute atomic E-state index is 0.0766. The maximum Gasteiger partial charge on any atom is 0.221 e. The quantitative estimate of drug-likeness (QED) is 0.707. The summed E-state index contributed by atoms with van der Waals surface area (Å²) in [6.45, 7) is 6.87. The Balaban J connectivity index is 2.46. The number of aliphatic hydroxyl groups is 1. The van der Waals surface area contributed by atoms with Crippen molar-refractivity contribution in [3.63, 3.8) is 0 Å². The number of amides is 1. The van der Waals surface area contributed by atoms with Crippen molar-refractivity contribution in [3.05, 3.63) is 29.8 Å². The SMILES string of the molecule is CC(=O)Nc1ccccc1CNCC(O)CC(C)C. The molecule has 1 amide bonds. The van der Waals surface area contributed by atoms with Gasteiger partial charge in [0, 0.05) is 25.7 Å². The van der Waals surface area contributed by atoms with E-state index in [1.54, 1.807) is 0 Å². The molecule has 1 aromatic rings. The number of nitrogens with one attached hydrogen (secondary N) is 2. The van der Waals surface area contributed by atoms with E-state index in [4.69, 9.17) is 0 Å². The van der Waals surface area contributed by atoms with Crippen molar-refractivity contribution in [3.8, 4) is 0 Å². The zero-order valence-corrected chi connectivity index (χ0v) is 11.9. The lowest BCUT2D eigenvalue weighted by atomic mass is 10.1. The van der Waals surface area contributed by atoms with E-state index in [2.05, 4.69) is 24.5 Å². The molecule has 106 valence electrons. The molecule has 0 saturated carbocycles. The van der Waals surface area contributed by atoms with Gasteiger partial charge in [-0.25, -0.2) is 0 Å². The number of carbonyl (C=O) groups is 1. The van der Waals surface area contributed by atoms with E-state index in [9.17, 15) is 9.90 Å². The predicted octanol–water partition coefficient (Wildman–Crippen LogP) is 2.14. The number of benzene rings is 1. The monoisotopic (exact) mass is 264 g/mol. The zero-order chi connectivity index (χ0) is 14.3. The Kier molecular flexibility index (Phi) is 6.53. The highest BCUT2D eigenvalue weighted by Crippen LogP contribution is 2.14. The van der Waals surface area contributed by atoms with Crippen molar-refractivity contribution in [2.75, 3.05) is 11.9 Å². The zero-order valence-electron chi connectivity index (χ0n) is 11.9. The maximum atomic E-state index is 11.1. The molecule has 0 heterocycles. The molecule has 0 saturated heterocycles. The van der Waals surface area contributed by atoms with Gasteiger partial charge in [-0.2, -0.15) is 0 Å². The minimum atomic E-state index is -0.326. The van der Waals surface area contributed by atoms with Gasteiger partial charge in [0.1, 0.15) is 0 Å². The molecular formula is C15H24N2O2. The largest absolute Gasteiger partial charge is 0.392 e. The van der Waals surface area contributed by atoms with Gasteiger partial charge in [0.2, 0.25) is 5.91 Å². The minimum Gasteiger partial charge on any atom is -0.392 e. The molecular weight excluding hydrogens is 240 g/mol. The molecule has 4 heteroatoms. The van der Waals surface area contributed by atoms with Gasteiger partial charge in [-0.1, -0.05) is 32.0 Å². The average Bonchev–Trinajstić information content (AvgIpc) is 2.29. The topological polar surface area (TPSA) is 61.4 Å². The normalized spacial score (nSPS) is 12.5. The third-order valence-corrected chi connectivity index (χ3v) is 2.77. The second-order valence-corrected chi connectivity index (χ2v) is 5.25. The Morgan fingerprint density at radius 1 is 1.32 bits per heavy atom. The Labute approximate surface area is 115 Å². The molecule has 0 bridgehead atoms. The highest BCUT2D eigenvalue weighted by molar-refractivity contribution is 5.89. The number of hydrogen-bond donors (Lipinski definition) is 3. The van der Waals surface area contributed by atoms with Crippen LogP contribution in [0, 0.1) is 5.92 Å². The molecule has 0 aliphatic heterocycles. The molecule has 1 unspecified atom stereocenters. The molecule has 0 aliphatic carbocycles. The first-order chi connectivity index (χ1) is 8.99. The average molecular weight is 264 g/mol. The van der Waals surface area contributed by atoms with Crippen LogP contribution in [0.1, 0.15) is 32.8 Å². The Hall–Kier alpha value is -1.39. The number of rotatable bonds is 7. The fourth-order valence-electron chi connectivity index (χ4n) is 1.99. The van der Waals surface area contributed by atoms with Gasteiger partial charge in [0.15, 0.2) is 0 Å². The number of carbonyl (C=O) groups excluding carboxylic acids is 1. The van der Waals surface area contributed by atoms with Crippen LogP contribution >= 0.6 is 0 Å². The first-order valence-electron chi connectivity index (χ1n) is 6.73. The molecule has 1 atom stereocenters. The van der Waals surface area contributed by atoms with Crippen LogP contribution in [0.2, 0.25) is 0 Å². The number of aliphatic hydroxyl groups excluding tert-OH is 1. The fraction of sp³-hybridized carbons (Fsp3) is 0.533. The van der Waals surface area contributed by atoms with Crippen molar-refractivity contribution in [2.45, 2.75) is 39.8 Å². The lowest BCUT2D eigenvalue weighted by Crippen LogP contribution is -2.27. The third-order valence-electron chi connectivity index (χ3n) is 2.77. The Morgan fingerprint density at radius 3 is 2.63 bits per heavy atom. The smallest absolute Gasteiger partial charge is 0.221 e. The van der Waals surface area contributed by atoms with Crippen molar-refractivity contribution in [2.24, 2.45) is 5.92 Å². The summed E-state index contributed by atoms with van der Waals surface area (Å²) in [5.41, 5.74) is 1.84. The summed E-state index contributed by atoms with van der Waals surface area (Å²) < 4.78 is 0. The van der Waals surface area contributed by atoms with Gasteiger partial charge >= 0.3 is 0 Å². The van der Waals surface area contributed by atoms with Crippen LogP contribution in [-0.2, 0) is 11.3 Å². The summed E-state index contributed by atoms with van der Waals surface area (Å²) in [7, 11) is 0. The molecule has 4 nitrogen and oxygen atoms in total. The summed E-state index contributed by atoms with van der Waals surface area (Å²) in [5.74, 6) is 0.413. The van der Waals surface area contributed by atoms with E-state index in [-0.39, 0.29) is 12.0 Å². The van der Waals surface area contributed by atoms with Gasteiger partial charge in [-0.3, -0.25) is 4.79 Å². The first kappa shape index (κ1) is 15.7. The van der Waals surface area contributed by atoms with Crippen LogP contribution in [0.5, 0.6) is 0 Å². The maximum absolute atomic E-state index is 11.1. The Bertz CT molecular complexity index is 405. The van der Waals surface area contributed by atoms with Crippen LogP contribution in [0.3, 0.4) is 0 Å². The first-order valence-corrected chi connectivity index (χ1v) is 6.73. The molecule has 19 heavy (non-hydrogen) atoms. The predicted molar refractivity (Wildman–Crippen MR) is 77.9 cm³/mol. The van der Waals surface area contributed by atoms with E-state index >= 15 is 0 Å². The van der Waals surface area contributed by atoms with Gasteiger partial charge in [0.05, 0.1) is 6.10 Å². The summed E-state index contributed by atoms with van der Waals surface area (Å²) in [4.78, 5) is 11.1. The number of hydrogen-bond acceptors (Lipinski definition) is 3. The summed E-state index contributed by atoms with van der Waals surface area (Å²) in [6.07, 6.45) is 0.466. The van der Waals surface area contributed by atoms with Gasteiger partial charge in [0.25, 0.3) is 0 Å². The lowest BCUT2D eigenvalue weighted by Gasteiger charge is -2.15. The van der Waals surface area contributed by atoms with E-state index in [1.165, 1.54) is 6.92 Å². The van der Waals surface area contributed by atoms with E-state index in [1.807, 2.05) is 24.3 Å². The van der Waals surface area contributed by atoms with Crippen LogP contribution in [0.25, 0.3) is 0 Å². The molecule has 0 aromatic heterocycles. The third kappa shape index (κ3) is 6.36. The summed E-state index contributed by atoms with van der Waals surface area (Å²) in [6, 6.07) is 7.67. The van der Waals surface area contributed by atoms with E-state index < -0.39 is 0 Å². The number of para-hydroxylation sites is 1. The van der Waals surface area contributed by atoms with Crippen LogP contribution < -0.4 is 10.6 Å². The second-order valence-electron chi connectivity index (χ2n) is 5.25. The number of anilines is 1. The lowest BCUT2D eigenvalue weighted by molar-refractivity contribution is -0.114. The second kappa shape index (κ2) is 7.92. The molecule has 0 fully saturated rings. The standard InChI is InChI=1S/C15H24N2O2/c1-11(2)8-14(19)10-16-9-13-6-4-5-7-15(13)17-12(3)18/h4-7,11,14,16,19H,8-10H2,1-3H3,(H,17,18). The van der Waals surface area contributed by atoms with Crippen LogP contribution in [-0.4, -0.2) is 23.7 Å². The van der Waals surface area contributed by atoms with Crippen molar-refractivity contribution < 1.29 is 9.90 Å². The van der Waals surface area contributed by atoms with Gasteiger partial charge in [-0.05, 0) is 24.0 Å². The summed E-state index contributed by atoms with van der Waals surface area (Å²) >= 11 is 0. The van der Waals surface area contributed by atoms with Crippen LogP contribution in [0.4, 0.5) is 5.69 Å². The molecule has 0 spiro atoms. The van der Waals surface area contributed by atoms with Crippen molar-refractivity contribution in [1.82, 2.24) is 5.32 Å². The van der Waals surface area contributed by atoms with Crippen molar-refractivity contribution in [1.29, 1.82) is 0 Å². The van der Waals surface area contributed by atoms with Gasteiger partial charge in [-0.15, -0.1) is 0 Å². The van der Waals surface area contributed by atoms with Crippen molar-refractivity contribution >= 4 is 11.6 Å². The molecule has 1 rings (SSSR count). The fourth-order valence-corrected chi connectivity index (χ4v) is 1.99. The van der Waals surface area contributed by atoms with E-state index in [0.29, 0.717) is 19.0 Å². The van der Waals surface area contributed by atoms with Gasteiger partial charge < -0.3 is 15.7 Å².